The number of carbonyl (C=O) groups is 1. The maximum Gasteiger partial charge on any atom is 0.217 e. The molecule has 1 aliphatic carbocycles. The highest BCUT2D eigenvalue weighted by Gasteiger charge is 2.22. The van der Waals surface area contributed by atoms with E-state index < -0.39 is 0 Å². The lowest BCUT2D eigenvalue weighted by molar-refractivity contribution is -0.119. The van der Waals surface area contributed by atoms with E-state index in [-0.39, 0.29) is 18.3 Å². The van der Waals surface area contributed by atoms with Gasteiger partial charge >= 0.3 is 0 Å². The van der Waals surface area contributed by atoms with E-state index >= 15 is 0 Å². The predicted octanol–water partition coefficient (Wildman–Crippen LogP) is 3.50. The van der Waals surface area contributed by atoms with E-state index in [1.165, 1.54) is 19.8 Å². The van der Waals surface area contributed by atoms with Crippen molar-refractivity contribution in [3.63, 3.8) is 0 Å². The summed E-state index contributed by atoms with van der Waals surface area (Å²) < 4.78 is 0. The molecule has 2 aromatic rings. The highest BCUT2D eigenvalue weighted by molar-refractivity contribution is 7.17. The Balaban J connectivity index is 0.00000147. The minimum atomic E-state index is -0.000437. The van der Waals surface area contributed by atoms with Gasteiger partial charge in [0.15, 0.2) is 5.13 Å². The molecule has 2 N–H and O–H groups in total. The monoisotopic (exact) mass is 329 g/mol. The molecule has 1 fully saturated rings. The van der Waals surface area contributed by atoms with Crippen LogP contribution in [0.1, 0.15) is 24.6 Å². The number of nitrogens with zero attached hydrogens (tertiary/aromatic N) is 1. The van der Waals surface area contributed by atoms with Gasteiger partial charge in [-0.05, 0) is 25.0 Å². The average Bonchev–Trinajstić information content (AvgIpc) is 2.90. The van der Waals surface area contributed by atoms with E-state index in [0.717, 1.165) is 20.6 Å². The highest BCUT2D eigenvalue weighted by Crippen LogP contribution is 2.32. The van der Waals surface area contributed by atoms with Gasteiger partial charge in [-0.2, -0.15) is 0 Å². The molecule has 3 rings (SSSR count). The highest BCUT2D eigenvalue weighted by atomic mass is 35.5. The summed E-state index contributed by atoms with van der Waals surface area (Å²) in [6, 6.07) is 4.75. The lowest BCUT2D eigenvalue weighted by Gasteiger charge is -1.97. The van der Waals surface area contributed by atoms with Crippen LogP contribution in [0.15, 0.2) is 17.5 Å². The van der Waals surface area contributed by atoms with Gasteiger partial charge in [0.05, 0.1) is 17.1 Å². The van der Waals surface area contributed by atoms with Crippen LogP contribution in [0.3, 0.4) is 0 Å². The Labute approximate surface area is 132 Å². The van der Waals surface area contributed by atoms with Crippen molar-refractivity contribution >= 4 is 46.1 Å². The molecule has 0 atom stereocenters. The molecule has 0 aromatic carbocycles. The normalized spacial score (nSPS) is 13.7. The molecule has 0 saturated heterocycles. The Morgan fingerprint density at radius 1 is 1.45 bits per heavy atom. The van der Waals surface area contributed by atoms with Crippen LogP contribution in [-0.2, 0) is 11.3 Å². The fraction of sp³-hybridized carbons (Fsp3) is 0.385. The van der Waals surface area contributed by atoms with Crippen LogP contribution in [0, 0.1) is 0 Å². The molecule has 0 aliphatic heterocycles. The van der Waals surface area contributed by atoms with E-state index in [1.54, 1.807) is 22.7 Å². The van der Waals surface area contributed by atoms with E-state index in [1.807, 2.05) is 6.07 Å². The zero-order valence-electron chi connectivity index (χ0n) is 11.0. The first-order valence-electron chi connectivity index (χ1n) is 6.26. The van der Waals surface area contributed by atoms with E-state index in [0.29, 0.717) is 12.6 Å². The number of amides is 1. The number of anilines is 1. The molecule has 0 spiro atoms. The van der Waals surface area contributed by atoms with Gasteiger partial charge in [-0.1, -0.05) is 0 Å². The van der Waals surface area contributed by atoms with Crippen molar-refractivity contribution in [2.24, 2.45) is 0 Å². The van der Waals surface area contributed by atoms with Gasteiger partial charge in [0.1, 0.15) is 0 Å². The molecule has 1 amide bonds. The SMILES string of the molecule is CC(=O)NCc1ccc(-c2csc(NC3CC3)n2)s1.Cl. The van der Waals surface area contributed by atoms with Crippen molar-refractivity contribution in [3.8, 4) is 10.6 Å². The van der Waals surface area contributed by atoms with E-state index in [2.05, 4.69) is 27.1 Å². The largest absolute Gasteiger partial charge is 0.359 e. The summed E-state index contributed by atoms with van der Waals surface area (Å²) in [6.07, 6.45) is 2.52. The van der Waals surface area contributed by atoms with E-state index in [9.17, 15) is 4.79 Å². The molecule has 0 bridgehead atoms. The first-order chi connectivity index (χ1) is 9.20. The summed E-state index contributed by atoms with van der Waals surface area (Å²) in [4.78, 5) is 17.8. The third-order valence-electron chi connectivity index (χ3n) is 2.83. The Bertz CT molecular complexity index is 592. The molecule has 20 heavy (non-hydrogen) atoms. The lowest BCUT2D eigenvalue weighted by atomic mass is 10.3. The van der Waals surface area contributed by atoms with Crippen LogP contribution in [0.5, 0.6) is 0 Å². The number of hydrogen-bond acceptors (Lipinski definition) is 5. The molecular formula is C13H16ClN3OS2. The molecular weight excluding hydrogens is 314 g/mol. The number of halogens is 1. The summed E-state index contributed by atoms with van der Waals surface area (Å²) in [5, 5.41) is 9.31. The Kier molecular flexibility index (Phi) is 5.01. The second kappa shape index (κ2) is 6.56. The third-order valence-corrected chi connectivity index (χ3v) is 4.72. The smallest absolute Gasteiger partial charge is 0.217 e. The number of carbonyl (C=O) groups excluding carboxylic acids is 1. The second-order valence-corrected chi connectivity index (χ2v) is 6.66. The van der Waals surface area contributed by atoms with Crippen LogP contribution in [-0.4, -0.2) is 16.9 Å². The van der Waals surface area contributed by atoms with E-state index in [4.69, 9.17) is 0 Å². The zero-order chi connectivity index (χ0) is 13.2. The summed E-state index contributed by atoms with van der Waals surface area (Å²) in [6.45, 7) is 2.13. The quantitative estimate of drug-likeness (QED) is 0.882. The number of nitrogens with one attached hydrogen (secondary N) is 2. The minimum Gasteiger partial charge on any atom is -0.359 e. The van der Waals surface area contributed by atoms with Gasteiger partial charge in [0.2, 0.25) is 5.91 Å². The van der Waals surface area contributed by atoms with Crippen molar-refractivity contribution in [2.75, 3.05) is 5.32 Å². The van der Waals surface area contributed by atoms with Crippen LogP contribution in [0.4, 0.5) is 5.13 Å². The zero-order valence-corrected chi connectivity index (χ0v) is 13.5. The Morgan fingerprint density at radius 2 is 2.25 bits per heavy atom. The van der Waals surface area contributed by atoms with Crippen LogP contribution in [0.2, 0.25) is 0 Å². The van der Waals surface area contributed by atoms with Crippen LogP contribution < -0.4 is 10.6 Å². The van der Waals surface area contributed by atoms with Crippen molar-refractivity contribution in [2.45, 2.75) is 32.4 Å². The topological polar surface area (TPSA) is 54.0 Å². The summed E-state index contributed by atoms with van der Waals surface area (Å²) in [5.41, 5.74) is 1.02. The molecule has 1 aliphatic rings. The standard InChI is InChI=1S/C13H15N3OS2.ClH/c1-8(17)14-6-10-4-5-12(19-10)11-7-18-13(16-11)15-9-2-3-9;/h4-5,7,9H,2-3,6H2,1H3,(H,14,17)(H,15,16);1H. The second-order valence-electron chi connectivity index (χ2n) is 4.63. The van der Waals surface area contributed by atoms with Crippen molar-refractivity contribution in [1.29, 1.82) is 0 Å². The number of aromatic nitrogens is 1. The van der Waals surface area contributed by atoms with Gasteiger partial charge in [0.25, 0.3) is 0 Å². The van der Waals surface area contributed by atoms with Gasteiger partial charge in [-0.3, -0.25) is 4.79 Å². The maximum absolute atomic E-state index is 10.9. The number of hydrogen-bond donors (Lipinski definition) is 2. The number of thiophene rings is 1. The van der Waals surface area contributed by atoms with Crippen molar-refractivity contribution in [3.05, 3.63) is 22.4 Å². The molecule has 1 saturated carbocycles. The van der Waals surface area contributed by atoms with Crippen molar-refractivity contribution < 1.29 is 4.79 Å². The van der Waals surface area contributed by atoms with Crippen molar-refractivity contribution in [1.82, 2.24) is 10.3 Å². The van der Waals surface area contributed by atoms with Crippen LogP contribution >= 0.6 is 35.1 Å². The number of thiazole rings is 1. The predicted molar refractivity (Wildman–Crippen MR) is 86.8 cm³/mol. The summed E-state index contributed by atoms with van der Waals surface area (Å²) >= 11 is 3.33. The third kappa shape index (κ3) is 3.94. The van der Waals surface area contributed by atoms with Gasteiger partial charge in [-0.25, -0.2) is 4.98 Å². The van der Waals surface area contributed by atoms with Gasteiger partial charge in [-0.15, -0.1) is 35.1 Å². The lowest BCUT2D eigenvalue weighted by Crippen LogP contribution is -2.17. The fourth-order valence-corrected chi connectivity index (χ4v) is 3.45. The van der Waals surface area contributed by atoms with Gasteiger partial charge < -0.3 is 10.6 Å². The minimum absolute atomic E-state index is 0. The fourth-order valence-electron chi connectivity index (χ4n) is 1.68. The first kappa shape index (κ1) is 15.3. The molecule has 108 valence electrons. The molecule has 2 heterocycles. The van der Waals surface area contributed by atoms with Gasteiger partial charge in [0, 0.05) is 23.2 Å². The average molecular weight is 330 g/mol. The Hall–Kier alpha value is -1.11. The van der Waals surface area contributed by atoms with Crippen LogP contribution in [0.25, 0.3) is 10.6 Å². The first-order valence-corrected chi connectivity index (χ1v) is 7.96. The molecule has 7 heteroatoms. The summed E-state index contributed by atoms with van der Waals surface area (Å²) in [5.74, 6) is -0.000437. The summed E-state index contributed by atoms with van der Waals surface area (Å²) in [7, 11) is 0. The Morgan fingerprint density at radius 3 is 2.95 bits per heavy atom. The number of rotatable bonds is 5. The molecule has 0 radical (unpaired) electrons. The maximum atomic E-state index is 10.9. The molecule has 0 unspecified atom stereocenters. The molecule has 4 nitrogen and oxygen atoms in total. The molecule has 2 aromatic heterocycles.